The van der Waals surface area contributed by atoms with Crippen molar-refractivity contribution in [3.05, 3.63) is 77.0 Å². The van der Waals surface area contributed by atoms with E-state index in [0.29, 0.717) is 5.84 Å². The number of hydrogen-bond donors (Lipinski definition) is 1. The van der Waals surface area contributed by atoms with Gasteiger partial charge in [-0.05, 0) is 35.7 Å². The van der Waals surface area contributed by atoms with Crippen LogP contribution in [0.3, 0.4) is 0 Å². The first-order valence-electron chi connectivity index (χ1n) is 8.33. The fraction of sp³-hybridized carbons (Fsp3) is 0.0476. The van der Waals surface area contributed by atoms with Crippen LogP contribution in [0.5, 0.6) is 5.75 Å². The van der Waals surface area contributed by atoms with Crippen molar-refractivity contribution in [1.29, 1.82) is 0 Å². The van der Waals surface area contributed by atoms with E-state index in [1.165, 1.54) is 11.3 Å². The zero-order chi connectivity index (χ0) is 18.6. The van der Waals surface area contributed by atoms with Crippen LogP contribution in [0.2, 0.25) is 0 Å². The molecule has 0 aliphatic heterocycles. The van der Waals surface area contributed by atoms with Gasteiger partial charge in [0.15, 0.2) is 0 Å². The average Bonchev–Trinajstić information content (AvgIpc) is 3.39. The molecule has 2 aromatic carbocycles. The highest BCUT2D eigenvalue weighted by atomic mass is 32.1. The highest BCUT2D eigenvalue weighted by molar-refractivity contribution is 7.19. The van der Waals surface area contributed by atoms with Crippen LogP contribution < -0.4 is 10.5 Å². The minimum absolute atomic E-state index is 0.507. The maximum Gasteiger partial charge on any atom is 0.146 e. The molecule has 0 amide bonds. The van der Waals surface area contributed by atoms with E-state index in [1.807, 2.05) is 72.1 Å². The number of nitrogens with zero attached hydrogens (tertiary/aromatic N) is 2. The third kappa shape index (κ3) is 3.77. The number of thiazole rings is 1. The molecular formula is C21H17N3OS2. The van der Waals surface area contributed by atoms with Gasteiger partial charge < -0.3 is 10.5 Å². The lowest BCUT2D eigenvalue weighted by molar-refractivity contribution is 0.415. The largest absolute Gasteiger partial charge is 0.497 e. The Morgan fingerprint density at radius 2 is 1.74 bits per heavy atom. The summed E-state index contributed by atoms with van der Waals surface area (Å²) in [6, 6.07) is 21.9. The summed E-state index contributed by atoms with van der Waals surface area (Å²) >= 11 is 3.11. The molecule has 2 aromatic heterocycles. The third-order valence-electron chi connectivity index (χ3n) is 3.99. The SMILES string of the molecule is COc1ccc(-c2nc(-c3ccccc3)c(/N=C(\N)c3cccs3)s2)cc1. The molecule has 4 rings (SSSR count). The number of ether oxygens (including phenoxy) is 1. The molecule has 4 aromatic rings. The molecule has 0 aliphatic rings. The van der Waals surface area contributed by atoms with Crippen molar-refractivity contribution in [3.63, 3.8) is 0 Å². The van der Waals surface area contributed by atoms with Crippen LogP contribution in [0.15, 0.2) is 77.1 Å². The predicted octanol–water partition coefficient (Wildman–Crippen LogP) is 5.58. The predicted molar refractivity (Wildman–Crippen MR) is 114 cm³/mol. The number of aromatic nitrogens is 1. The summed E-state index contributed by atoms with van der Waals surface area (Å²) in [6.07, 6.45) is 0. The van der Waals surface area contributed by atoms with Gasteiger partial charge in [0.25, 0.3) is 0 Å². The topological polar surface area (TPSA) is 60.5 Å². The molecule has 0 spiro atoms. The molecule has 0 aliphatic carbocycles. The van der Waals surface area contributed by atoms with E-state index in [4.69, 9.17) is 20.4 Å². The van der Waals surface area contributed by atoms with E-state index >= 15 is 0 Å². The number of benzene rings is 2. The number of methoxy groups -OCH3 is 1. The van der Waals surface area contributed by atoms with Crippen LogP contribution in [-0.2, 0) is 0 Å². The Morgan fingerprint density at radius 3 is 2.41 bits per heavy atom. The number of aliphatic imine (C=N–C) groups is 1. The summed E-state index contributed by atoms with van der Waals surface area (Å²) < 4.78 is 5.24. The maximum absolute atomic E-state index is 6.23. The van der Waals surface area contributed by atoms with E-state index in [0.717, 1.165) is 37.5 Å². The van der Waals surface area contributed by atoms with Crippen LogP contribution in [0, 0.1) is 0 Å². The van der Waals surface area contributed by atoms with E-state index in [1.54, 1.807) is 18.4 Å². The highest BCUT2D eigenvalue weighted by Gasteiger charge is 2.15. The molecule has 6 heteroatoms. The van der Waals surface area contributed by atoms with Gasteiger partial charge in [0.1, 0.15) is 27.3 Å². The van der Waals surface area contributed by atoms with Crippen molar-refractivity contribution in [2.75, 3.05) is 7.11 Å². The minimum atomic E-state index is 0.507. The number of amidine groups is 1. The summed E-state index contributed by atoms with van der Waals surface area (Å²) in [5.41, 5.74) is 9.11. The molecule has 0 saturated heterocycles. The van der Waals surface area contributed by atoms with Crippen LogP contribution in [0.4, 0.5) is 5.00 Å². The number of hydrogen-bond acceptors (Lipinski definition) is 5. The Hall–Kier alpha value is -2.96. The van der Waals surface area contributed by atoms with Crippen molar-refractivity contribution < 1.29 is 4.74 Å². The minimum Gasteiger partial charge on any atom is -0.497 e. The Morgan fingerprint density at radius 1 is 0.963 bits per heavy atom. The third-order valence-corrected chi connectivity index (χ3v) is 5.88. The van der Waals surface area contributed by atoms with Crippen molar-refractivity contribution >= 4 is 33.5 Å². The van der Waals surface area contributed by atoms with Gasteiger partial charge in [-0.15, -0.1) is 11.3 Å². The first-order valence-corrected chi connectivity index (χ1v) is 10.0. The van der Waals surface area contributed by atoms with Gasteiger partial charge >= 0.3 is 0 Å². The quantitative estimate of drug-likeness (QED) is 0.357. The van der Waals surface area contributed by atoms with E-state index in [2.05, 4.69) is 0 Å². The van der Waals surface area contributed by atoms with Crippen LogP contribution in [0.25, 0.3) is 21.8 Å². The first kappa shape index (κ1) is 17.5. The molecule has 0 unspecified atom stereocenters. The molecule has 27 heavy (non-hydrogen) atoms. The Balaban J connectivity index is 1.80. The lowest BCUT2D eigenvalue weighted by Gasteiger charge is -2.00. The van der Waals surface area contributed by atoms with Gasteiger partial charge in [-0.1, -0.05) is 47.7 Å². The standard InChI is InChI=1S/C21H17N3OS2/c1-25-16-11-9-15(10-12-16)20-23-18(14-6-3-2-4-7-14)21(27-20)24-19(22)17-8-5-13-26-17/h2-13H,1H3,(H2,22,24). The molecule has 0 atom stereocenters. The van der Waals surface area contributed by atoms with Crippen LogP contribution in [-0.4, -0.2) is 17.9 Å². The maximum atomic E-state index is 6.23. The zero-order valence-corrected chi connectivity index (χ0v) is 16.3. The molecule has 4 nitrogen and oxygen atoms in total. The molecular weight excluding hydrogens is 374 g/mol. The van der Waals surface area contributed by atoms with Gasteiger partial charge in [-0.3, -0.25) is 0 Å². The van der Waals surface area contributed by atoms with Crippen LogP contribution >= 0.6 is 22.7 Å². The van der Waals surface area contributed by atoms with E-state index in [-0.39, 0.29) is 0 Å². The van der Waals surface area contributed by atoms with Gasteiger partial charge in [0.2, 0.25) is 0 Å². The van der Waals surface area contributed by atoms with Crippen molar-refractivity contribution in [3.8, 4) is 27.6 Å². The molecule has 0 radical (unpaired) electrons. The average molecular weight is 392 g/mol. The highest BCUT2D eigenvalue weighted by Crippen LogP contribution is 2.40. The fourth-order valence-corrected chi connectivity index (χ4v) is 4.22. The summed E-state index contributed by atoms with van der Waals surface area (Å²) in [5.74, 6) is 1.32. The molecule has 0 fully saturated rings. The van der Waals surface area contributed by atoms with Gasteiger partial charge in [-0.2, -0.15) is 0 Å². The lowest BCUT2D eigenvalue weighted by Crippen LogP contribution is -2.10. The Labute approximate surface area is 165 Å². The second-order valence-corrected chi connectivity index (χ2v) is 7.67. The molecule has 0 saturated carbocycles. The summed E-state index contributed by atoms with van der Waals surface area (Å²) in [6.45, 7) is 0. The Kier molecular flexibility index (Phi) is 5.00. The van der Waals surface area contributed by atoms with Gasteiger partial charge in [-0.25, -0.2) is 9.98 Å². The summed E-state index contributed by atoms with van der Waals surface area (Å²) in [7, 11) is 1.66. The summed E-state index contributed by atoms with van der Waals surface area (Å²) in [4.78, 5) is 10.5. The van der Waals surface area contributed by atoms with Crippen molar-refractivity contribution in [2.24, 2.45) is 10.7 Å². The summed E-state index contributed by atoms with van der Waals surface area (Å²) in [5, 5.41) is 3.69. The van der Waals surface area contributed by atoms with Gasteiger partial charge in [0.05, 0.1) is 12.0 Å². The second-order valence-electron chi connectivity index (χ2n) is 5.74. The molecule has 2 N–H and O–H groups in total. The van der Waals surface area contributed by atoms with E-state index in [9.17, 15) is 0 Å². The smallest absolute Gasteiger partial charge is 0.146 e. The van der Waals surface area contributed by atoms with E-state index < -0.39 is 0 Å². The fourth-order valence-electron chi connectivity index (χ4n) is 2.62. The van der Waals surface area contributed by atoms with Gasteiger partial charge in [0, 0.05) is 11.1 Å². The normalized spacial score (nSPS) is 11.5. The number of nitrogens with two attached hydrogens (primary N) is 1. The molecule has 0 bridgehead atoms. The number of thiophene rings is 1. The first-order chi connectivity index (χ1) is 13.2. The second kappa shape index (κ2) is 7.73. The Bertz CT molecular complexity index is 1050. The van der Waals surface area contributed by atoms with Crippen molar-refractivity contribution in [2.45, 2.75) is 0 Å². The van der Waals surface area contributed by atoms with Crippen molar-refractivity contribution in [1.82, 2.24) is 4.98 Å². The number of rotatable bonds is 5. The lowest BCUT2D eigenvalue weighted by atomic mass is 10.1. The molecule has 134 valence electrons. The van der Waals surface area contributed by atoms with Crippen LogP contribution in [0.1, 0.15) is 4.88 Å². The zero-order valence-electron chi connectivity index (χ0n) is 14.6. The monoisotopic (exact) mass is 391 g/mol. The molecule has 2 heterocycles.